The zero-order chi connectivity index (χ0) is 21.4. The number of ketones is 1. The van der Waals surface area contributed by atoms with E-state index in [1.54, 1.807) is 12.1 Å². The number of fused-ring (bicyclic) bond motifs is 2. The Kier molecular flexibility index (Phi) is 5.15. The molecule has 1 aliphatic heterocycles. The van der Waals surface area contributed by atoms with Gasteiger partial charge >= 0.3 is 5.97 Å². The van der Waals surface area contributed by atoms with Gasteiger partial charge in [-0.1, -0.05) is 6.07 Å². The number of carbonyl (C=O) groups is 2. The fourth-order valence-corrected chi connectivity index (χ4v) is 4.23. The highest BCUT2D eigenvalue weighted by Gasteiger charge is 2.43. The number of hydrogen-bond acceptors (Lipinski definition) is 8. The van der Waals surface area contributed by atoms with Gasteiger partial charge in [0.25, 0.3) is 0 Å². The molecule has 0 aromatic heterocycles. The first-order valence-corrected chi connectivity index (χ1v) is 9.37. The van der Waals surface area contributed by atoms with Gasteiger partial charge in [-0.05, 0) is 29.3 Å². The summed E-state index contributed by atoms with van der Waals surface area (Å²) in [6.07, 6.45) is -0.0232. The van der Waals surface area contributed by atoms with Crippen molar-refractivity contribution in [3.8, 4) is 28.7 Å². The molecule has 0 N–H and O–H groups in total. The van der Waals surface area contributed by atoms with Gasteiger partial charge in [-0.25, -0.2) is 0 Å². The van der Waals surface area contributed by atoms with Crippen LogP contribution in [0.4, 0.5) is 0 Å². The van der Waals surface area contributed by atoms with Crippen LogP contribution in [0.25, 0.3) is 0 Å². The van der Waals surface area contributed by atoms with E-state index >= 15 is 0 Å². The van der Waals surface area contributed by atoms with Crippen LogP contribution in [0.15, 0.2) is 24.3 Å². The molecule has 30 heavy (non-hydrogen) atoms. The molecule has 0 amide bonds. The number of Topliss-reactive ketones (excluding diaryl/α,β-unsaturated/α-hetero) is 1. The first-order valence-electron chi connectivity index (χ1n) is 9.37. The fourth-order valence-electron chi connectivity index (χ4n) is 4.23. The van der Waals surface area contributed by atoms with E-state index in [-0.39, 0.29) is 24.7 Å². The molecule has 0 spiro atoms. The second-order valence-corrected chi connectivity index (χ2v) is 6.96. The summed E-state index contributed by atoms with van der Waals surface area (Å²) in [6.45, 7) is 0.137. The van der Waals surface area contributed by atoms with E-state index in [0.717, 1.165) is 5.56 Å². The molecule has 1 heterocycles. The summed E-state index contributed by atoms with van der Waals surface area (Å²) in [5.74, 6) is 0.343. The predicted octanol–water partition coefficient (Wildman–Crippen LogP) is 2.95. The molecule has 0 fully saturated rings. The van der Waals surface area contributed by atoms with Crippen LogP contribution < -0.4 is 23.7 Å². The molecule has 1 aliphatic carbocycles. The summed E-state index contributed by atoms with van der Waals surface area (Å²) in [5, 5.41) is 0. The van der Waals surface area contributed by atoms with Gasteiger partial charge in [0.1, 0.15) is 0 Å². The van der Waals surface area contributed by atoms with E-state index in [1.165, 1.54) is 28.4 Å². The van der Waals surface area contributed by atoms with Crippen molar-refractivity contribution in [3.05, 3.63) is 41.0 Å². The summed E-state index contributed by atoms with van der Waals surface area (Å²) in [5.41, 5.74) is 1.77. The molecule has 0 saturated carbocycles. The number of rotatable bonds is 5. The van der Waals surface area contributed by atoms with E-state index in [9.17, 15) is 9.59 Å². The van der Waals surface area contributed by atoms with E-state index < -0.39 is 17.8 Å². The Morgan fingerprint density at radius 3 is 2.37 bits per heavy atom. The van der Waals surface area contributed by atoms with Crippen LogP contribution in [-0.4, -0.2) is 47.0 Å². The standard InChI is InChI=1S/C22H22O8/c1-25-17-9-12-18(11-5-6-15-16(7-11)30-10-29-15)13(22(24)28-4)8-14(23)19(12)21(27-3)20(17)26-2/h5-7,9,13,18H,8,10H2,1-4H3. The first-order chi connectivity index (χ1) is 14.5. The van der Waals surface area contributed by atoms with Crippen molar-refractivity contribution in [2.24, 2.45) is 5.92 Å². The quantitative estimate of drug-likeness (QED) is 0.690. The van der Waals surface area contributed by atoms with Crippen molar-refractivity contribution in [2.75, 3.05) is 35.2 Å². The lowest BCUT2D eigenvalue weighted by atomic mass is 9.70. The number of benzene rings is 2. The lowest BCUT2D eigenvalue weighted by molar-refractivity contribution is -0.146. The maximum Gasteiger partial charge on any atom is 0.310 e. The maximum absolute atomic E-state index is 13.1. The monoisotopic (exact) mass is 414 g/mol. The average molecular weight is 414 g/mol. The van der Waals surface area contributed by atoms with Crippen molar-refractivity contribution >= 4 is 11.8 Å². The SMILES string of the molecule is COC(=O)C1CC(=O)c2c(cc(OC)c(OC)c2OC)C1c1ccc2c(c1)OCO2. The van der Waals surface area contributed by atoms with E-state index in [1.807, 2.05) is 12.1 Å². The molecule has 2 aromatic rings. The number of esters is 1. The zero-order valence-electron chi connectivity index (χ0n) is 17.1. The van der Waals surface area contributed by atoms with Gasteiger partial charge in [0.15, 0.2) is 28.8 Å². The van der Waals surface area contributed by atoms with Crippen LogP contribution in [0, 0.1) is 5.92 Å². The number of ether oxygens (including phenoxy) is 6. The molecule has 0 saturated heterocycles. The van der Waals surface area contributed by atoms with Gasteiger partial charge in [0, 0.05) is 12.3 Å². The minimum atomic E-state index is -0.710. The van der Waals surface area contributed by atoms with Crippen LogP contribution in [0.2, 0.25) is 0 Å². The van der Waals surface area contributed by atoms with Crippen LogP contribution in [0.3, 0.4) is 0 Å². The third kappa shape index (κ3) is 2.99. The van der Waals surface area contributed by atoms with Crippen LogP contribution in [0.1, 0.15) is 33.8 Å². The lowest BCUT2D eigenvalue weighted by Crippen LogP contribution is -2.33. The van der Waals surface area contributed by atoms with Crippen molar-refractivity contribution in [2.45, 2.75) is 12.3 Å². The van der Waals surface area contributed by atoms with Gasteiger partial charge < -0.3 is 28.4 Å². The first kappa shape index (κ1) is 19.9. The Labute approximate surface area is 173 Å². The second kappa shape index (κ2) is 7.78. The minimum absolute atomic E-state index is 0.0232. The topological polar surface area (TPSA) is 89.5 Å². The molecular weight excluding hydrogens is 392 g/mol. The molecule has 2 unspecified atom stereocenters. The predicted molar refractivity (Wildman–Crippen MR) is 105 cm³/mol. The Morgan fingerprint density at radius 1 is 0.967 bits per heavy atom. The summed E-state index contributed by atoms with van der Waals surface area (Å²) in [4.78, 5) is 25.8. The summed E-state index contributed by atoms with van der Waals surface area (Å²) in [7, 11) is 5.76. The van der Waals surface area contributed by atoms with E-state index in [0.29, 0.717) is 34.1 Å². The molecule has 2 aromatic carbocycles. The van der Waals surface area contributed by atoms with Crippen LogP contribution in [0.5, 0.6) is 28.7 Å². The highest BCUT2D eigenvalue weighted by molar-refractivity contribution is 6.05. The summed E-state index contributed by atoms with van der Waals surface area (Å²) in [6, 6.07) is 7.20. The Hall–Kier alpha value is -3.42. The molecular formula is C22H22O8. The van der Waals surface area contributed by atoms with Gasteiger partial charge in [-0.3, -0.25) is 9.59 Å². The Morgan fingerprint density at radius 2 is 1.70 bits per heavy atom. The lowest BCUT2D eigenvalue weighted by Gasteiger charge is -2.33. The highest BCUT2D eigenvalue weighted by atomic mass is 16.7. The molecule has 4 rings (SSSR count). The fraction of sp³-hybridized carbons (Fsp3) is 0.364. The maximum atomic E-state index is 13.1. The number of carbonyl (C=O) groups excluding carboxylic acids is 2. The summed E-state index contributed by atoms with van der Waals surface area (Å²) < 4.78 is 32.4. The van der Waals surface area contributed by atoms with Gasteiger partial charge in [-0.2, -0.15) is 0 Å². The average Bonchev–Trinajstić information content (AvgIpc) is 3.24. The molecule has 2 atom stereocenters. The van der Waals surface area contributed by atoms with Crippen molar-refractivity contribution < 1.29 is 38.0 Å². The van der Waals surface area contributed by atoms with E-state index in [2.05, 4.69) is 0 Å². The zero-order valence-corrected chi connectivity index (χ0v) is 17.1. The van der Waals surface area contributed by atoms with Gasteiger partial charge in [0.05, 0.1) is 39.9 Å². The highest BCUT2D eigenvalue weighted by Crippen LogP contribution is 2.51. The molecule has 8 heteroatoms. The van der Waals surface area contributed by atoms with Crippen molar-refractivity contribution in [1.29, 1.82) is 0 Å². The van der Waals surface area contributed by atoms with Crippen molar-refractivity contribution in [3.63, 3.8) is 0 Å². The van der Waals surface area contributed by atoms with Gasteiger partial charge in [-0.15, -0.1) is 0 Å². The Balaban J connectivity index is 1.98. The normalized spacial score (nSPS) is 19.1. The summed E-state index contributed by atoms with van der Waals surface area (Å²) >= 11 is 0. The second-order valence-electron chi connectivity index (χ2n) is 6.96. The molecule has 0 bridgehead atoms. The number of hydrogen-bond donors (Lipinski definition) is 0. The number of methoxy groups -OCH3 is 4. The third-order valence-electron chi connectivity index (χ3n) is 5.54. The van der Waals surface area contributed by atoms with Gasteiger partial charge in [0.2, 0.25) is 12.5 Å². The third-order valence-corrected chi connectivity index (χ3v) is 5.54. The Bertz CT molecular complexity index is 1010. The minimum Gasteiger partial charge on any atom is -0.493 e. The van der Waals surface area contributed by atoms with Crippen LogP contribution in [-0.2, 0) is 9.53 Å². The molecule has 0 radical (unpaired) electrons. The van der Waals surface area contributed by atoms with Crippen LogP contribution >= 0.6 is 0 Å². The van der Waals surface area contributed by atoms with E-state index in [4.69, 9.17) is 28.4 Å². The van der Waals surface area contributed by atoms with Crippen molar-refractivity contribution in [1.82, 2.24) is 0 Å². The molecule has 158 valence electrons. The molecule has 2 aliphatic rings. The smallest absolute Gasteiger partial charge is 0.310 e. The molecule has 8 nitrogen and oxygen atoms in total. The largest absolute Gasteiger partial charge is 0.493 e.